The fourth-order valence-corrected chi connectivity index (χ4v) is 4.44. The van der Waals surface area contributed by atoms with E-state index in [1.54, 1.807) is 11.6 Å². The van der Waals surface area contributed by atoms with Gasteiger partial charge in [-0.05, 0) is 41.8 Å². The third-order valence-corrected chi connectivity index (χ3v) is 6.21. The van der Waals surface area contributed by atoms with E-state index in [9.17, 15) is 0 Å². The Balaban J connectivity index is 1.25. The Labute approximate surface area is 192 Å². The zero-order valence-corrected chi connectivity index (χ0v) is 18.4. The predicted molar refractivity (Wildman–Crippen MR) is 127 cm³/mol. The van der Waals surface area contributed by atoms with Gasteiger partial charge in [0.1, 0.15) is 23.8 Å². The molecule has 6 rings (SSSR count). The van der Waals surface area contributed by atoms with Crippen molar-refractivity contribution >= 4 is 27.1 Å². The molecule has 0 spiro atoms. The lowest BCUT2D eigenvalue weighted by atomic mass is 10.1. The summed E-state index contributed by atoms with van der Waals surface area (Å²) in [6, 6.07) is 23.9. The first kappa shape index (κ1) is 19.4. The molecular weight excluding hydrogens is 436 g/mol. The molecule has 0 saturated heterocycles. The van der Waals surface area contributed by atoms with E-state index in [4.69, 9.17) is 9.47 Å². The predicted octanol–water partition coefficient (Wildman–Crippen LogP) is 4.98. The SMILES string of the molecule is COc1ccc(-c2cc(-c3nnc4sc(COc5cccc6ccccc56)nn34)[nH]n2)cc1. The smallest absolute Gasteiger partial charge is 0.235 e. The summed E-state index contributed by atoms with van der Waals surface area (Å²) >= 11 is 1.45. The van der Waals surface area contributed by atoms with Crippen molar-refractivity contribution in [3.63, 3.8) is 0 Å². The molecule has 9 heteroatoms. The topological polar surface area (TPSA) is 90.2 Å². The van der Waals surface area contributed by atoms with E-state index in [1.165, 1.54) is 11.3 Å². The Morgan fingerprint density at radius 1 is 0.970 bits per heavy atom. The molecule has 33 heavy (non-hydrogen) atoms. The molecule has 0 atom stereocenters. The Morgan fingerprint density at radius 2 is 1.82 bits per heavy atom. The van der Waals surface area contributed by atoms with Gasteiger partial charge in [-0.2, -0.15) is 14.7 Å². The third-order valence-electron chi connectivity index (χ3n) is 5.34. The van der Waals surface area contributed by atoms with E-state index in [0.29, 0.717) is 17.4 Å². The summed E-state index contributed by atoms with van der Waals surface area (Å²) < 4.78 is 13.0. The average molecular weight is 455 g/mol. The van der Waals surface area contributed by atoms with E-state index < -0.39 is 0 Å². The number of rotatable bonds is 6. The van der Waals surface area contributed by atoms with Crippen LogP contribution in [-0.2, 0) is 6.61 Å². The Bertz CT molecular complexity index is 1560. The Hall–Kier alpha value is -4.24. The van der Waals surface area contributed by atoms with Crippen LogP contribution in [0, 0.1) is 0 Å². The molecule has 1 N–H and O–H groups in total. The molecule has 0 unspecified atom stereocenters. The quantitative estimate of drug-likeness (QED) is 0.382. The van der Waals surface area contributed by atoms with Gasteiger partial charge in [0.25, 0.3) is 0 Å². The second kappa shape index (κ2) is 8.03. The van der Waals surface area contributed by atoms with Crippen LogP contribution in [0.2, 0.25) is 0 Å². The van der Waals surface area contributed by atoms with Crippen molar-refractivity contribution in [2.24, 2.45) is 0 Å². The van der Waals surface area contributed by atoms with Gasteiger partial charge in [-0.25, -0.2) is 0 Å². The maximum Gasteiger partial charge on any atom is 0.235 e. The summed E-state index contributed by atoms with van der Waals surface area (Å²) in [6.45, 7) is 0.349. The van der Waals surface area contributed by atoms with E-state index in [2.05, 4.69) is 43.7 Å². The summed E-state index contributed by atoms with van der Waals surface area (Å²) in [4.78, 5) is 0.696. The molecule has 162 valence electrons. The number of nitrogens with one attached hydrogen (secondary N) is 1. The first-order chi connectivity index (χ1) is 16.3. The molecule has 6 aromatic rings. The van der Waals surface area contributed by atoms with Crippen molar-refractivity contribution in [1.82, 2.24) is 30.0 Å². The fraction of sp³-hybridized carbons (Fsp3) is 0.0833. The van der Waals surface area contributed by atoms with Gasteiger partial charge in [-0.1, -0.05) is 47.7 Å². The van der Waals surface area contributed by atoms with Gasteiger partial charge < -0.3 is 9.47 Å². The van der Waals surface area contributed by atoms with E-state index in [-0.39, 0.29) is 0 Å². The molecule has 0 radical (unpaired) electrons. The number of aromatic nitrogens is 6. The summed E-state index contributed by atoms with van der Waals surface area (Å²) in [5.74, 6) is 2.23. The van der Waals surface area contributed by atoms with Gasteiger partial charge in [0.15, 0.2) is 5.01 Å². The summed E-state index contributed by atoms with van der Waals surface area (Å²) in [6.07, 6.45) is 0. The zero-order chi connectivity index (χ0) is 22.2. The van der Waals surface area contributed by atoms with Gasteiger partial charge in [0, 0.05) is 10.9 Å². The normalized spacial score (nSPS) is 11.3. The van der Waals surface area contributed by atoms with Crippen molar-refractivity contribution in [3.8, 4) is 34.3 Å². The van der Waals surface area contributed by atoms with Crippen LogP contribution in [0.4, 0.5) is 0 Å². The lowest BCUT2D eigenvalue weighted by Crippen LogP contribution is -1.98. The molecule has 3 heterocycles. The molecule has 0 bridgehead atoms. The second-order valence-corrected chi connectivity index (χ2v) is 8.42. The number of methoxy groups -OCH3 is 1. The molecule has 0 aliphatic rings. The van der Waals surface area contributed by atoms with Crippen LogP contribution < -0.4 is 9.47 Å². The molecular formula is C24H18N6O2S. The van der Waals surface area contributed by atoms with Crippen molar-refractivity contribution in [2.45, 2.75) is 6.61 Å². The number of aromatic amines is 1. The fourth-order valence-electron chi connectivity index (χ4n) is 3.69. The number of hydrogen-bond donors (Lipinski definition) is 1. The van der Waals surface area contributed by atoms with Gasteiger partial charge in [-0.15, -0.1) is 10.2 Å². The van der Waals surface area contributed by atoms with E-state index in [1.807, 2.05) is 54.6 Å². The standard InChI is InChI=1S/C24H18N6O2S/c1-31-17-11-9-16(10-12-17)19-13-20(26-25-19)23-27-28-24-30(23)29-22(33-24)14-32-21-8-4-6-15-5-2-3-7-18(15)21/h2-13H,14H2,1H3,(H,25,26). The number of ether oxygens (including phenoxy) is 2. The highest BCUT2D eigenvalue weighted by Crippen LogP contribution is 2.28. The summed E-state index contributed by atoms with van der Waals surface area (Å²) in [5.41, 5.74) is 2.51. The molecule has 0 aliphatic carbocycles. The number of fused-ring (bicyclic) bond motifs is 2. The maximum absolute atomic E-state index is 6.09. The first-order valence-corrected chi connectivity index (χ1v) is 11.1. The van der Waals surface area contributed by atoms with Crippen LogP contribution in [0.25, 0.3) is 38.5 Å². The highest BCUT2D eigenvalue weighted by Gasteiger charge is 2.16. The van der Waals surface area contributed by atoms with Crippen LogP contribution >= 0.6 is 11.3 Å². The minimum Gasteiger partial charge on any atom is -0.497 e. The largest absolute Gasteiger partial charge is 0.497 e. The van der Waals surface area contributed by atoms with Gasteiger partial charge in [-0.3, -0.25) is 5.10 Å². The number of hydrogen-bond acceptors (Lipinski definition) is 7. The monoisotopic (exact) mass is 454 g/mol. The third kappa shape index (κ3) is 3.58. The lowest BCUT2D eigenvalue weighted by Gasteiger charge is -2.07. The second-order valence-electron chi connectivity index (χ2n) is 7.38. The molecule has 3 aromatic carbocycles. The van der Waals surface area contributed by atoms with Crippen LogP contribution in [0.5, 0.6) is 11.5 Å². The molecule has 0 aliphatic heterocycles. The lowest BCUT2D eigenvalue weighted by molar-refractivity contribution is 0.308. The van der Waals surface area contributed by atoms with E-state index >= 15 is 0 Å². The van der Waals surface area contributed by atoms with Crippen molar-refractivity contribution in [2.75, 3.05) is 7.11 Å². The van der Waals surface area contributed by atoms with Crippen LogP contribution in [0.3, 0.4) is 0 Å². The van der Waals surface area contributed by atoms with Crippen LogP contribution in [-0.4, -0.2) is 37.1 Å². The summed E-state index contributed by atoms with van der Waals surface area (Å²) in [7, 11) is 1.65. The van der Waals surface area contributed by atoms with Gasteiger partial charge in [0.05, 0.1) is 12.8 Å². The van der Waals surface area contributed by atoms with Gasteiger partial charge in [0.2, 0.25) is 10.8 Å². The number of H-pyrrole nitrogens is 1. The molecule has 8 nitrogen and oxygen atoms in total. The number of nitrogens with zero attached hydrogens (tertiary/aromatic N) is 5. The van der Waals surface area contributed by atoms with Crippen molar-refractivity contribution in [3.05, 3.63) is 77.8 Å². The van der Waals surface area contributed by atoms with Crippen molar-refractivity contribution in [1.29, 1.82) is 0 Å². The maximum atomic E-state index is 6.09. The van der Waals surface area contributed by atoms with Crippen LogP contribution in [0.15, 0.2) is 72.8 Å². The average Bonchev–Trinajstić information content (AvgIpc) is 3.59. The minimum atomic E-state index is 0.349. The highest BCUT2D eigenvalue weighted by molar-refractivity contribution is 7.16. The minimum absolute atomic E-state index is 0.349. The Morgan fingerprint density at radius 3 is 2.70 bits per heavy atom. The molecule has 0 fully saturated rings. The highest BCUT2D eigenvalue weighted by atomic mass is 32.1. The van der Waals surface area contributed by atoms with Crippen LogP contribution in [0.1, 0.15) is 5.01 Å². The van der Waals surface area contributed by atoms with Crippen molar-refractivity contribution < 1.29 is 9.47 Å². The molecule has 3 aromatic heterocycles. The first-order valence-electron chi connectivity index (χ1n) is 10.3. The van der Waals surface area contributed by atoms with Gasteiger partial charge >= 0.3 is 0 Å². The zero-order valence-electron chi connectivity index (χ0n) is 17.6. The Kier molecular flexibility index (Phi) is 4.73. The number of benzene rings is 3. The summed E-state index contributed by atoms with van der Waals surface area (Å²) in [5, 5.41) is 23.7. The molecule has 0 saturated carbocycles. The molecule has 0 amide bonds. The van der Waals surface area contributed by atoms with E-state index in [0.717, 1.165) is 44.2 Å².